The number of esters is 1. The maximum Gasteiger partial charge on any atom is 0.342 e. The lowest BCUT2D eigenvalue weighted by atomic mass is 10.0. The molecule has 0 amide bonds. The molecular formula is C11H12Cl2FNO2. The fraction of sp³-hybridized carbons (Fsp3) is 0.364. The number of hydrogen-bond acceptors (Lipinski definition) is 3. The lowest BCUT2D eigenvalue weighted by Crippen LogP contribution is -2.31. The van der Waals surface area contributed by atoms with Gasteiger partial charge in [0.2, 0.25) is 6.17 Å². The van der Waals surface area contributed by atoms with Crippen LogP contribution in [0.3, 0.4) is 0 Å². The molecule has 2 atom stereocenters. The molecule has 1 rings (SSSR count). The SMILES string of the molecule is CCOC(=O)C(F)[C@@H](N)c1cccc(Cl)c1Cl. The van der Waals surface area contributed by atoms with Crippen LogP contribution < -0.4 is 5.73 Å². The standard InChI is InChI=1S/C11H12Cl2FNO2/c1-2-17-11(16)9(14)10(15)6-4-3-5-7(12)8(6)13/h3-5,9-10H,2,15H2,1H3/t9?,10-/m0/s1. The van der Waals surface area contributed by atoms with Gasteiger partial charge < -0.3 is 10.5 Å². The summed E-state index contributed by atoms with van der Waals surface area (Å²) in [6.45, 7) is 1.68. The second-order valence-electron chi connectivity index (χ2n) is 3.32. The molecule has 0 fully saturated rings. The summed E-state index contributed by atoms with van der Waals surface area (Å²) >= 11 is 11.7. The molecule has 1 aromatic carbocycles. The second-order valence-corrected chi connectivity index (χ2v) is 4.11. The van der Waals surface area contributed by atoms with Crippen molar-refractivity contribution in [2.75, 3.05) is 6.61 Å². The molecule has 0 aliphatic carbocycles. The van der Waals surface area contributed by atoms with Gasteiger partial charge in [0.15, 0.2) is 0 Å². The summed E-state index contributed by atoms with van der Waals surface area (Å²) in [5.41, 5.74) is 5.90. The Balaban J connectivity index is 2.92. The van der Waals surface area contributed by atoms with E-state index in [0.717, 1.165) is 0 Å². The molecule has 2 N–H and O–H groups in total. The van der Waals surface area contributed by atoms with Crippen LogP contribution in [0, 0.1) is 0 Å². The first-order chi connectivity index (χ1) is 7.99. The minimum Gasteiger partial charge on any atom is -0.464 e. The van der Waals surface area contributed by atoms with E-state index in [1.165, 1.54) is 6.07 Å². The monoisotopic (exact) mass is 279 g/mol. The molecule has 0 saturated carbocycles. The maximum atomic E-state index is 13.7. The van der Waals surface area contributed by atoms with Gasteiger partial charge in [0.05, 0.1) is 22.7 Å². The number of ether oxygens (including phenoxy) is 1. The molecule has 94 valence electrons. The fourth-order valence-electron chi connectivity index (χ4n) is 1.30. The van der Waals surface area contributed by atoms with Gasteiger partial charge in [0, 0.05) is 0 Å². The third-order valence-electron chi connectivity index (χ3n) is 2.17. The van der Waals surface area contributed by atoms with Gasteiger partial charge >= 0.3 is 5.97 Å². The minimum atomic E-state index is -1.97. The predicted octanol–water partition coefficient (Wildman–Crippen LogP) is 2.89. The van der Waals surface area contributed by atoms with E-state index in [1.807, 2.05) is 0 Å². The number of nitrogens with two attached hydrogens (primary N) is 1. The van der Waals surface area contributed by atoms with Gasteiger partial charge in [0.25, 0.3) is 0 Å². The number of carbonyl (C=O) groups is 1. The Kier molecular flexibility index (Phi) is 5.18. The van der Waals surface area contributed by atoms with Crippen molar-refractivity contribution in [3.63, 3.8) is 0 Å². The van der Waals surface area contributed by atoms with E-state index in [1.54, 1.807) is 19.1 Å². The van der Waals surface area contributed by atoms with Crippen molar-refractivity contribution in [3.8, 4) is 0 Å². The van der Waals surface area contributed by atoms with Crippen LogP contribution in [0.15, 0.2) is 18.2 Å². The number of rotatable bonds is 4. The van der Waals surface area contributed by atoms with Gasteiger partial charge in [-0.1, -0.05) is 35.3 Å². The average molecular weight is 280 g/mol. The fourth-order valence-corrected chi connectivity index (χ4v) is 1.74. The Bertz CT molecular complexity index is 414. The number of hydrogen-bond donors (Lipinski definition) is 1. The molecule has 17 heavy (non-hydrogen) atoms. The maximum absolute atomic E-state index is 13.7. The number of benzene rings is 1. The van der Waals surface area contributed by atoms with Crippen LogP contribution in [0.5, 0.6) is 0 Å². The summed E-state index contributed by atoms with van der Waals surface area (Å²) in [6, 6.07) is 3.46. The first kappa shape index (κ1) is 14.2. The molecule has 0 bridgehead atoms. The Morgan fingerprint density at radius 2 is 2.18 bits per heavy atom. The van der Waals surface area contributed by atoms with Crippen LogP contribution >= 0.6 is 23.2 Å². The Labute approximate surface area is 109 Å². The summed E-state index contributed by atoms with van der Waals surface area (Å²) in [6.07, 6.45) is -1.97. The summed E-state index contributed by atoms with van der Waals surface area (Å²) in [4.78, 5) is 11.2. The van der Waals surface area contributed by atoms with E-state index >= 15 is 0 Å². The second kappa shape index (κ2) is 6.19. The van der Waals surface area contributed by atoms with E-state index in [0.29, 0.717) is 0 Å². The molecular weight excluding hydrogens is 268 g/mol. The largest absolute Gasteiger partial charge is 0.464 e. The van der Waals surface area contributed by atoms with Gasteiger partial charge in [0.1, 0.15) is 0 Å². The predicted molar refractivity (Wildman–Crippen MR) is 64.9 cm³/mol. The van der Waals surface area contributed by atoms with E-state index in [-0.39, 0.29) is 22.2 Å². The van der Waals surface area contributed by atoms with Crippen LogP contribution in [0.25, 0.3) is 0 Å². The third-order valence-corrected chi connectivity index (χ3v) is 3.00. The molecule has 1 unspecified atom stereocenters. The van der Waals surface area contributed by atoms with Gasteiger partial charge in [-0.3, -0.25) is 0 Å². The molecule has 0 aromatic heterocycles. The Morgan fingerprint density at radius 3 is 2.76 bits per heavy atom. The summed E-state index contributed by atoms with van der Waals surface area (Å²) < 4.78 is 18.2. The molecule has 0 aliphatic rings. The summed E-state index contributed by atoms with van der Waals surface area (Å²) in [7, 11) is 0. The van der Waals surface area contributed by atoms with Crippen LogP contribution in [-0.4, -0.2) is 18.7 Å². The summed E-state index contributed by atoms with van der Waals surface area (Å²) in [5.74, 6) is -1.00. The Hall–Kier alpha value is -0.840. The average Bonchev–Trinajstić information content (AvgIpc) is 2.31. The number of halogens is 3. The minimum absolute atomic E-state index is 0.0925. The van der Waals surface area contributed by atoms with E-state index in [2.05, 4.69) is 4.74 Å². The van der Waals surface area contributed by atoms with E-state index in [9.17, 15) is 9.18 Å². The highest BCUT2D eigenvalue weighted by Gasteiger charge is 2.29. The summed E-state index contributed by atoms with van der Waals surface area (Å²) in [5, 5.41) is 0.407. The molecule has 6 heteroatoms. The van der Waals surface area contributed by atoms with Crippen LogP contribution in [0.2, 0.25) is 10.0 Å². The lowest BCUT2D eigenvalue weighted by Gasteiger charge is -2.17. The van der Waals surface area contributed by atoms with Gasteiger partial charge in [-0.05, 0) is 18.6 Å². The van der Waals surface area contributed by atoms with Crippen LogP contribution in [0.4, 0.5) is 4.39 Å². The van der Waals surface area contributed by atoms with Crippen molar-refractivity contribution in [1.82, 2.24) is 0 Å². The Morgan fingerprint density at radius 1 is 1.53 bits per heavy atom. The normalized spacial score (nSPS) is 14.2. The first-order valence-corrected chi connectivity index (χ1v) is 5.74. The molecule has 1 aromatic rings. The van der Waals surface area contributed by atoms with Crippen LogP contribution in [-0.2, 0) is 9.53 Å². The van der Waals surface area contributed by atoms with Gasteiger partial charge in [-0.15, -0.1) is 0 Å². The zero-order valence-corrected chi connectivity index (χ0v) is 10.6. The van der Waals surface area contributed by atoms with Crippen molar-refractivity contribution in [2.24, 2.45) is 5.73 Å². The molecule has 0 heterocycles. The zero-order valence-electron chi connectivity index (χ0n) is 9.12. The highest BCUT2D eigenvalue weighted by atomic mass is 35.5. The molecule has 0 spiro atoms. The van der Waals surface area contributed by atoms with Crippen molar-refractivity contribution >= 4 is 29.2 Å². The zero-order chi connectivity index (χ0) is 13.0. The van der Waals surface area contributed by atoms with Crippen molar-refractivity contribution in [2.45, 2.75) is 19.1 Å². The first-order valence-electron chi connectivity index (χ1n) is 4.99. The molecule has 0 aliphatic heterocycles. The van der Waals surface area contributed by atoms with Crippen molar-refractivity contribution in [1.29, 1.82) is 0 Å². The lowest BCUT2D eigenvalue weighted by molar-refractivity contribution is -0.149. The molecule has 3 nitrogen and oxygen atoms in total. The van der Waals surface area contributed by atoms with E-state index in [4.69, 9.17) is 28.9 Å². The van der Waals surface area contributed by atoms with Crippen molar-refractivity contribution in [3.05, 3.63) is 33.8 Å². The molecule has 0 radical (unpaired) electrons. The number of alkyl halides is 1. The highest BCUT2D eigenvalue weighted by Crippen LogP contribution is 2.31. The number of carbonyl (C=O) groups excluding carboxylic acids is 1. The van der Waals surface area contributed by atoms with Gasteiger partial charge in [-0.2, -0.15) is 0 Å². The highest BCUT2D eigenvalue weighted by molar-refractivity contribution is 6.42. The van der Waals surface area contributed by atoms with E-state index < -0.39 is 18.2 Å². The van der Waals surface area contributed by atoms with Gasteiger partial charge in [-0.25, -0.2) is 9.18 Å². The van der Waals surface area contributed by atoms with Crippen molar-refractivity contribution < 1.29 is 13.9 Å². The smallest absolute Gasteiger partial charge is 0.342 e. The third kappa shape index (κ3) is 3.31. The topological polar surface area (TPSA) is 52.3 Å². The molecule has 0 saturated heterocycles. The van der Waals surface area contributed by atoms with Crippen LogP contribution in [0.1, 0.15) is 18.5 Å². The quantitative estimate of drug-likeness (QED) is 0.863.